The van der Waals surface area contributed by atoms with E-state index in [2.05, 4.69) is 74.0 Å². The van der Waals surface area contributed by atoms with Crippen LogP contribution in [0, 0.1) is 0 Å². The Balaban J connectivity index is 1.31. The Bertz CT molecular complexity index is 902. The fourth-order valence-electron chi connectivity index (χ4n) is 4.11. The van der Waals surface area contributed by atoms with E-state index < -0.39 is 0 Å². The molecule has 4 rings (SSSR count). The maximum Gasteiger partial charge on any atom is 0.191 e. The van der Waals surface area contributed by atoms with Crippen molar-refractivity contribution in [3.63, 3.8) is 0 Å². The molecule has 2 aromatic carbocycles. The first-order chi connectivity index (χ1) is 14.8. The molecule has 2 aromatic rings. The van der Waals surface area contributed by atoms with Gasteiger partial charge in [-0.15, -0.1) is 0 Å². The second-order valence-electron chi connectivity index (χ2n) is 7.72. The lowest BCUT2D eigenvalue weighted by Crippen LogP contribution is -2.44. The predicted octanol–water partition coefficient (Wildman–Crippen LogP) is 3.02. The third-order valence-electron chi connectivity index (χ3n) is 5.73. The molecule has 2 aliphatic rings. The molecule has 6 heteroatoms. The lowest BCUT2D eigenvalue weighted by atomic mass is 10.2. The molecule has 30 heavy (non-hydrogen) atoms. The maximum atomic E-state index is 5.52. The molecule has 0 radical (unpaired) electrons. The van der Waals surface area contributed by atoms with Crippen molar-refractivity contribution in [1.29, 1.82) is 0 Å². The third kappa shape index (κ3) is 4.70. The topological polar surface area (TPSA) is 52.1 Å². The molecule has 1 unspecified atom stereocenters. The molecular weight excluding hydrogens is 374 g/mol. The van der Waals surface area contributed by atoms with Gasteiger partial charge in [-0.25, -0.2) is 0 Å². The molecule has 0 amide bonds. The van der Waals surface area contributed by atoms with Gasteiger partial charge in [-0.1, -0.05) is 36.4 Å². The van der Waals surface area contributed by atoms with Crippen LogP contribution in [0.4, 0.5) is 11.4 Å². The van der Waals surface area contributed by atoms with E-state index in [-0.39, 0.29) is 0 Å². The monoisotopic (exact) mass is 405 g/mol. The summed E-state index contributed by atoms with van der Waals surface area (Å²) >= 11 is 0. The van der Waals surface area contributed by atoms with Gasteiger partial charge in [-0.05, 0) is 36.2 Å². The van der Waals surface area contributed by atoms with Gasteiger partial charge >= 0.3 is 0 Å². The first kappa shape index (κ1) is 20.1. The molecule has 2 N–H and O–H groups in total. The summed E-state index contributed by atoms with van der Waals surface area (Å²) < 4.78 is 5.52. The SMILES string of the molecule is CN=C(NCc1cccc(N2CC=CC2)c1)NC1CCN(c2ccccc2OC)C1. The Morgan fingerprint density at radius 3 is 2.73 bits per heavy atom. The summed E-state index contributed by atoms with van der Waals surface area (Å²) in [6.45, 7) is 4.66. The number of hydrogen-bond donors (Lipinski definition) is 2. The average molecular weight is 406 g/mol. The number of aliphatic imine (C=N–C) groups is 1. The Morgan fingerprint density at radius 1 is 1.10 bits per heavy atom. The van der Waals surface area contributed by atoms with Gasteiger partial charge < -0.3 is 25.2 Å². The van der Waals surface area contributed by atoms with Gasteiger partial charge in [0.25, 0.3) is 0 Å². The molecule has 6 nitrogen and oxygen atoms in total. The number of nitrogens with zero attached hydrogens (tertiary/aromatic N) is 3. The van der Waals surface area contributed by atoms with Crippen LogP contribution in [-0.2, 0) is 6.54 Å². The second kappa shape index (κ2) is 9.57. The predicted molar refractivity (Wildman–Crippen MR) is 125 cm³/mol. The molecule has 0 aliphatic carbocycles. The van der Waals surface area contributed by atoms with Gasteiger partial charge in [-0.3, -0.25) is 4.99 Å². The molecule has 0 aromatic heterocycles. The van der Waals surface area contributed by atoms with E-state index >= 15 is 0 Å². The second-order valence-corrected chi connectivity index (χ2v) is 7.72. The molecule has 0 bridgehead atoms. The van der Waals surface area contributed by atoms with Crippen LogP contribution in [0.5, 0.6) is 5.75 Å². The summed E-state index contributed by atoms with van der Waals surface area (Å²) in [6, 6.07) is 17.3. The number of methoxy groups -OCH3 is 1. The number of anilines is 2. The van der Waals surface area contributed by atoms with Crippen molar-refractivity contribution in [2.45, 2.75) is 19.0 Å². The average Bonchev–Trinajstić information content (AvgIpc) is 3.49. The zero-order valence-electron chi connectivity index (χ0n) is 17.8. The summed E-state index contributed by atoms with van der Waals surface area (Å²) in [7, 11) is 3.56. The normalized spacial score (nSPS) is 18.7. The summed E-state index contributed by atoms with van der Waals surface area (Å²) in [5.41, 5.74) is 3.68. The summed E-state index contributed by atoms with van der Waals surface area (Å²) in [5, 5.41) is 7.05. The molecule has 1 fully saturated rings. The van der Waals surface area contributed by atoms with Crippen LogP contribution in [0.2, 0.25) is 0 Å². The van der Waals surface area contributed by atoms with E-state index in [1.165, 1.54) is 11.3 Å². The zero-order valence-corrected chi connectivity index (χ0v) is 17.8. The molecule has 2 heterocycles. The van der Waals surface area contributed by atoms with Crippen molar-refractivity contribution in [2.24, 2.45) is 4.99 Å². The van der Waals surface area contributed by atoms with E-state index in [1.54, 1.807) is 7.11 Å². The van der Waals surface area contributed by atoms with Gasteiger partial charge in [0.1, 0.15) is 5.75 Å². The van der Waals surface area contributed by atoms with Crippen LogP contribution in [0.25, 0.3) is 0 Å². The van der Waals surface area contributed by atoms with E-state index in [4.69, 9.17) is 4.74 Å². The van der Waals surface area contributed by atoms with Crippen LogP contribution < -0.4 is 25.2 Å². The van der Waals surface area contributed by atoms with Crippen LogP contribution >= 0.6 is 0 Å². The maximum absolute atomic E-state index is 5.52. The number of ether oxygens (including phenoxy) is 1. The van der Waals surface area contributed by atoms with Crippen molar-refractivity contribution in [2.75, 3.05) is 50.1 Å². The van der Waals surface area contributed by atoms with Gasteiger partial charge in [0.15, 0.2) is 5.96 Å². The van der Waals surface area contributed by atoms with Crippen molar-refractivity contribution < 1.29 is 4.74 Å². The first-order valence-electron chi connectivity index (χ1n) is 10.6. The minimum absolute atomic E-state index is 0.350. The summed E-state index contributed by atoms with van der Waals surface area (Å²) in [5.74, 6) is 1.77. The fourth-order valence-corrected chi connectivity index (χ4v) is 4.11. The highest BCUT2D eigenvalue weighted by molar-refractivity contribution is 5.80. The van der Waals surface area contributed by atoms with Crippen LogP contribution in [-0.4, -0.2) is 52.3 Å². The number of hydrogen-bond acceptors (Lipinski definition) is 4. The van der Waals surface area contributed by atoms with Crippen LogP contribution in [0.1, 0.15) is 12.0 Å². The lowest BCUT2D eigenvalue weighted by Gasteiger charge is -2.22. The highest BCUT2D eigenvalue weighted by Gasteiger charge is 2.25. The quantitative estimate of drug-likeness (QED) is 0.440. The van der Waals surface area contributed by atoms with Gasteiger partial charge in [0, 0.05) is 51.5 Å². The van der Waals surface area contributed by atoms with Gasteiger partial charge in [0.05, 0.1) is 12.8 Å². The first-order valence-corrected chi connectivity index (χ1v) is 10.6. The standard InChI is InChI=1S/C24H31N5O/c1-25-24(26-17-19-8-7-9-21(16-19)28-13-5-6-14-28)27-20-12-15-29(18-20)22-10-3-4-11-23(22)30-2/h3-11,16,20H,12-15,17-18H2,1-2H3,(H2,25,26,27). The molecule has 0 spiro atoms. The minimum atomic E-state index is 0.350. The molecule has 158 valence electrons. The zero-order chi connectivity index (χ0) is 20.8. The van der Waals surface area contributed by atoms with Gasteiger partial charge in [-0.2, -0.15) is 0 Å². The Kier molecular flexibility index (Phi) is 6.42. The molecule has 0 saturated carbocycles. The number of nitrogens with one attached hydrogen (secondary N) is 2. The van der Waals surface area contributed by atoms with Crippen LogP contribution in [0.15, 0.2) is 65.7 Å². The Morgan fingerprint density at radius 2 is 1.93 bits per heavy atom. The Labute approximate surface area is 179 Å². The van der Waals surface area contributed by atoms with E-state index in [1.807, 2.05) is 19.2 Å². The number of benzene rings is 2. The van der Waals surface area contributed by atoms with Crippen molar-refractivity contribution >= 4 is 17.3 Å². The van der Waals surface area contributed by atoms with Crippen molar-refractivity contribution in [3.8, 4) is 5.75 Å². The minimum Gasteiger partial charge on any atom is -0.495 e. The molecular formula is C24H31N5O. The largest absolute Gasteiger partial charge is 0.495 e. The summed E-state index contributed by atoms with van der Waals surface area (Å²) in [4.78, 5) is 9.16. The molecule has 2 aliphatic heterocycles. The number of para-hydroxylation sites is 2. The van der Waals surface area contributed by atoms with E-state index in [9.17, 15) is 0 Å². The lowest BCUT2D eigenvalue weighted by molar-refractivity contribution is 0.415. The van der Waals surface area contributed by atoms with Crippen molar-refractivity contribution in [1.82, 2.24) is 10.6 Å². The van der Waals surface area contributed by atoms with E-state index in [0.29, 0.717) is 6.04 Å². The van der Waals surface area contributed by atoms with Crippen LogP contribution in [0.3, 0.4) is 0 Å². The smallest absolute Gasteiger partial charge is 0.191 e. The fraction of sp³-hybridized carbons (Fsp3) is 0.375. The third-order valence-corrected chi connectivity index (χ3v) is 5.73. The highest BCUT2D eigenvalue weighted by Crippen LogP contribution is 2.30. The Hall–Kier alpha value is -3.15. The van der Waals surface area contributed by atoms with Crippen molar-refractivity contribution in [3.05, 3.63) is 66.2 Å². The van der Waals surface area contributed by atoms with E-state index in [0.717, 1.165) is 56.5 Å². The number of rotatable bonds is 6. The highest BCUT2D eigenvalue weighted by atomic mass is 16.5. The molecule has 1 saturated heterocycles. The van der Waals surface area contributed by atoms with Gasteiger partial charge in [0.2, 0.25) is 0 Å². The number of guanidine groups is 1. The molecule has 1 atom stereocenters. The summed E-state index contributed by atoms with van der Waals surface area (Å²) in [6.07, 6.45) is 5.50.